The molecule has 2 aromatic carbocycles. The van der Waals surface area contributed by atoms with Gasteiger partial charge in [0.05, 0.1) is 0 Å². The lowest BCUT2D eigenvalue weighted by Crippen LogP contribution is -2.43. The van der Waals surface area contributed by atoms with Gasteiger partial charge in [0.15, 0.2) is 0 Å². The molecule has 7 heteroatoms. The zero-order chi connectivity index (χ0) is 18.6. The molecule has 0 aromatic heterocycles. The van der Waals surface area contributed by atoms with Crippen molar-refractivity contribution in [3.05, 3.63) is 71.5 Å². The summed E-state index contributed by atoms with van der Waals surface area (Å²) in [6.45, 7) is -0.191. The van der Waals surface area contributed by atoms with Crippen LogP contribution < -0.4 is 5.73 Å². The van der Waals surface area contributed by atoms with E-state index in [1.165, 1.54) is 28.9 Å². The molecule has 26 heavy (non-hydrogen) atoms. The average Bonchev–Trinajstić information content (AvgIpc) is 3.07. The highest BCUT2D eigenvalue weighted by molar-refractivity contribution is 8.15. The maximum atomic E-state index is 13.7. The van der Waals surface area contributed by atoms with Gasteiger partial charge < -0.3 is 10.8 Å². The van der Waals surface area contributed by atoms with Crippen LogP contribution in [-0.4, -0.2) is 34.2 Å². The quantitative estimate of drug-likeness (QED) is 0.816. The van der Waals surface area contributed by atoms with Gasteiger partial charge in [0, 0.05) is 5.56 Å². The van der Waals surface area contributed by atoms with Gasteiger partial charge in [-0.3, -0.25) is 4.79 Å². The molecule has 1 amide bonds. The van der Waals surface area contributed by atoms with E-state index in [4.69, 9.17) is 5.73 Å². The second kappa shape index (κ2) is 7.99. The average molecular weight is 373 g/mol. The van der Waals surface area contributed by atoms with Crippen molar-refractivity contribution in [3.63, 3.8) is 0 Å². The Kier molecular flexibility index (Phi) is 5.70. The molecule has 1 unspecified atom stereocenters. The summed E-state index contributed by atoms with van der Waals surface area (Å²) >= 11 is 1.39. The van der Waals surface area contributed by atoms with E-state index in [2.05, 4.69) is 5.10 Å². The Labute approximate surface area is 155 Å². The highest BCUT2D eigenvalue weighted by atomic mass is 32.2. The molecule has 5 nitrogen and oxygen atoms in total. The number of nitrogens with two attached hydrogens (primary N) is 1. The van der Waals surface area contributed by atoms with Crippen molar-refractivity contribution in [2.24, 2.45) is 10.8 Å². The van der Waals surface area contributed by atoms with Crippen LogP contribution in [0.4, 0.5) is 4.39 Å². The normalized spacial score (nSPS) is 19.5. The number of benzene rings is 2. The van der Waals surface area contributed by atoms with Crippen LogP contribution in [0.2, 0.25) is 0 Å². The summed E-state index contributed by atoms with van der Waals surface area (Å²) in [4.78, 5) is 11.6. The van der Waals surface area contributed by atoms with Crippen LogP contribution in [0.15, 0.2) is 59.7 Å². The summed E-state index contributed by atoms with van der Waals surface area (Å²) in [5, 5.41) is 15.8. The van der Waals surface area contributed by atoms with E-state index in [0.717, 1.165) is 5.56 Å². The molecule has 0 aliphatic carbocycles. The third-order valence-corrected chi connectivity index (χ3v) is 5.65. The van der Waals surface area contributed by atoms with Gasteiger partial charge in [-0.2, -0.15) is 5.10 Å². The van der Waals surface area contributed by atoms with Gasteiger partial charge in [0.1, 0.15) is 22.3 Å². The van der Waals surface area contributed by atoms with Crippen molar-refractivity contribution in [3.8, 4) is 0 Å². The number of aliphatic hydroxyl groups excluding tert-OH is 1. The standard InChI is InChI=1S/C19H20FN3O2S/c20-16-9-4-6-14(12-16)18-22-23(17(25)13-24)19(26-18,10-5-11-21)15-7-2-1-3-8-15/h1-4,6-9,12,24H,5,10-11,13,21H2. The predicted octanol–water partition coefficient (Wildman–Crippen LogP) is 2.65. The third kappa shape index (κ3) is 3.51. The number of hydrazone groups is 1. The Hall–Kier alpha value is -2.22. The topological polar surface area (TPSA) is 78.9 Å². The second-order valence-electron chi connectivity index (χ2n) is 5.92. The monoisotopic (exact) mass is 373 g/mol. The Morgan fingerprint density at radius 1 is 1.23 bits per heavy atom. The van der Waals surface area contributed by atoms with Gasteiger partial charge in [0.2, 0.25) is 0 Å². The van der Waals surface area contributed by atoms with Crippen molar-refractivity contribution in [2.45, 2.75) is 17.7 Å². The molecule has 1 aliphatic heterocycles. The summed E-state index contributed by atoms with van der Waals surface area (Å²) < 4.78 is 13.7. The summed E-state index contributed by atoms with van der Waals surface area (Å²) in [6, 6.07) is 15.6. The van der Waals surface area contributed by atoms with Crippen LogP contribution in [0, 0.1) is 5.82 Å². The fourth-order valence-electron chi connectivity index (χ4n) is 2.98. The maximum absolute atomic E-state index is 13.7. The molecule has 136 valence electrons. The maximum Gasteiger partial charge on any atom is 0.270 e. The first-order valence-electron chi connectivity index (χ1n) is 8.34. The van der Waals surface area contributed by atoms with E-state index in [1.54, 1.807) is 12.1 Å². The SMILES string of the molecule is NCCCC1(c2ccccc2)SC(c2cccc(F)c2)=NN1C(=O)CO. The Morgan fingerprint density at radius 3 is 2.65 bits per heavy atom. The minimum absolute atomic E-state index is 0.370. The molecule has 2 aromatic rings. The summed E-state index contributed by atoms with van der Waals surface area (Å²) in [6.07, 6.45) is 1.23. The van der Waals surface area contributed by atoms with Crippen LogP contribution in [0.5, 0.6) is 0 Å². The van der Waals surface area contributed by atoms with Gasteiger partial charge in [0.25, 0.3) is 5.91 Å². The number of carbonyl (C=O) groups excluding carboxylic acids is 1. The van der Waals surface area contributed by atoms with E-state index >= 15 is 0 Å². The smallest absolute Gasteiger partial charge is 0.270 e. The first kappa shape index (κ1) is 18.6. The predicted molar refractivity (Wildman–Crippen MR) is 101 cm³/mol. The number of carbonyl (C=O) groups is 1. The Bertz CT molecular complexity index is 815. The summed E-state index contributed by atoms with van der Waals surface area (Å²) in [7, 11) is 0. The number of thioether (sulfide) groups is 1. The minimum atomic E-state index is -0.817. The fraction of sp³-hybridized carbons (Fsp3) is 0.263. The molecule has 1 atom stereocenters. The van der Waals surface area contributed by atoms with Crippen molar-refractivity contribution in [1.82, 2.24) is 5.01 Å². The zero-order valence-electron chi connectivity index (χ0n) is 14.1. The molecule has 0 spiro atoms. The van der Waals surface area contributed by atoms with E-state index in [-0.39, 0.29) is 5.82 Å². The van der Waals surface area contributed by atoms with Crippen molar-refractivity contribution >= 4 is 22.7 Å². The molecule has 0 fully saturated rings. The first-order chi connectivity index (χ1) is 12.6. The van der Waals surface area contributed by atoms with Crippen LogP contribution in [0.25, 0.3) is 0 Å². The molecule has 0 saturated heterocycles. The minimum Gasteiger partial charge on any atom is -0.386 e. The fourth-order valence-corrected chi connectivity index (χ4v) is 4.40. The number of amides is 1. The van der Waals surface area contributed by atoms with Gasteiger partial charge in [-0.1, -0.05) is 54.2 Å². The molecule has 0 radical (unpaired) electrons. The highest BCUT2D eigenvalue weighted by Crippen LogP contribution is 2.50. The van der Waals surface area contributed by atoms with E-state index in [1.807, 2.05) is 30.3 Å². The van der Waals surface area contributed by atoms with Crippen molar-refractivity contribution in [2.75, 3.05) is 13.2 Å². The van der Waals surface area contributed by atoms with Gasteiger partial charge in [-0.15, -0.1) is 0 Å². The van der Waals surface area contributed by atoms with Crippen molar-refractivity contribution in [1.29, 1.82) is 0 Å². The van der Waals surface area contributed by atoms with Crippen LogP contribution in [0.1, 0.15) is 24.0 Å². The molecule has 1 aliphatic rings. The third-order valence-electron chi connectivity index (χ3n) is 4.19. The number of rotatable bonds is 6. The lowest BCUT2D eigenvalue weighted by atomic mass is 10.00. The van der Waals surface area contributed by atoms with E-state index in [0.29, 0.717) is 30.0 Å². The number of nitrogens with zero attached hydrogens (tertiary/aromatic N) is 2. The van der Waals surface area contributed by atoms with E-state index < -0.39 is 17.4 Å². The molecular formula is C19H20FN3O2S. The van der Waals surface area contributed by atoms with Gasteiger partial charge in [-0.25, -0.2) is 9.40 Å². The van der Waals surface area contributed by atoms with Crippen molar-refractivity contribution < 1.29 is 14.3 Å². The molecule has 3 rings (SSSR count). The largest absolute Gasteiger partial charge is 0.386 e. The van der Waals surface area contributed by atoms with E-state index in [9.17, 15) is 14.3 Å². The summed E-state index contributed by atoms with van der Waals surface area (Å²) in [5.41, 5.74) is 7.19. The zero-order valence-corrected chi connectivity index (χ0v) is 15.0. The van der Waals surface area contributed by atoms with Crippen LogP contribution >= 0.6 is 11.8 Å². The highest BCUT2D eigenvalue weighted by Gasteiger charge is 2.47. The number of hydrogen-bond donors (Lipinski definition) is 2. The molecule has 0 bridgehead atoms. The van der Waals surface area contributed by atoms with Gasteiger partial charge in [-0.05, 0) is 37.1 Å². The number of aliphatic hydroxyl groups is 1. The molecule has 1 heterocycles. The molecule has 3 N–H and O–H groups in total. The van der Waals surface area contributed by atoms with Crippen LogP contribution in [-0.2, 0) is 9.67 Å². The Balaban J connectivity index is 2.09. The lowest BCUT2D eigenvalue weighted by Gasteiger charge is -2.35. The van der Waals surface area contributed by atoms with Gasteiger partial charge >= 0.3 is 0 Å². The first-order valence-corrected chi connectivity index (χ1v) is 9.15. The van der Waals surface area contributed by atoms with Crippen LogP contribution in [0.3, 0.4) is 0 Å². The molecular weight excluding hydrogens is 353 g/mol. The number of halogens is 1. The summed E-state index contributed by atoms with van der Waals surface area (Å²) in [5.74, 6) is -0.880. The number of hydrogen-bond acceptors (Lipinski definition) is 5. The molecule has 0 saturated carbocycles. The second-order valence-corrected chi connectivity index (χ2v) is 7.19. The lowest BCUT2D eigenvalue weighted by molar-refractivity contribution is -0.137. The Morgan fingerprint density at radius 2 is 2.00 bits per heavy atom.